The van der Waals surface area contributed by atoms with Crippen LogP contribution in [0.15, 0.2) is 6.33 Å². The van der Waals surface area contributed by atoms with Gasteiger partial charge in [0.25, 0.3) is 0 Å². The van der Waals surface area contributed by atoms with Gasteiger partial charge in [0, 0.05) is 18.3 Å². The van der Waals surface area contributed by atoms with Crippen LogP contribution in [-0.4, -0.2) is 21.6 Å². The summed E-state index contributed by atoms with van der Waals surface area (Å²) in [7, 11) is 0. The monoisotopic (exact) mass is 244 g/mol. The smallest absolute Gasteiger partial charge is 0.0972 e. The summed E-state index contributed by atoms with van der Waals surface area (Å²) in [6.45, 7) is 0.917. The van der Waals surface area contributed by atoms with E-state index in [1.54, 1.807) is 0 Å². The van der Waals surface area contributed by atoms with Crippen molar-refractivity contribution in [2.24, 2.45) is 0 Å². The molecule has 1 N–H and O–H groups in total. The van der Waals surface area contributed by atoms with Crippen LogP contribution in [0.2, 0.25) is 0 Å². The number of imidazole rings is 1. The molecule has 0 amide bonds. The van der Waals surface area contributed by atoms with Crippen molar-refractivity contribution in [1.82, 2.24) is 14.9 Å². The zero-order valence-corrected chi connectivity index (χ0v) is 10.7. The van der Waals surface area contributed by atoms with Crippen LogP contribution in [0.3, 0.4) is 0 Å². The molecular formula is C14H20N4. The van der Waals surface area contributed by atoms with Crippen molar-refractivity contribution in [3.05, 3.63) is 17.7 Å². The fourth-order valence-corrected chi connectivity index (χ4v) is 2.71. The third-order valence-electron chi connectivity index (χ3n) is 3.94. The first-order valence-electron chi connectivity index (χ1n) is 7.05. The van der Waals surface area contributed by atoms with Gasteiger partial charge in [0.2, 0.25) is 0 Å². The van der Waals surface area contributed by atoms with Crippen LogP contribution >= 0.6 is 0 Å². The van der Waals surface area contributed by atoms with Crippen LogP contribution in [0, 0.1) is 11.3 Å². The minimum absolute atomic E-state index is 0.000796. The molecule has 1 aromatic heterocycles. The largest absolute Gasteiger partial charge is 0.334 e. The van der Waals surface area contributed by atoms with E-state index < -0.39 is 0 Å². The molecule has 0 saturated heterocycles. The number of fused-ring (bicyclic) bond motifs is 1. The number of nitriles is 1. The van der Waals surface area contributed by atoms with Gasteiger partial charge in [-0.2, -0.15) is 5.26 Å². The van der Waals surface area contributed by atoms with Gasteiger partial charge in [0.15, 0.2) is 0 Å². The summed E-state index contributed by atoms with van der Waals surface area (Å²) in [5.41, 5.74) is 2.69. The molecule has 0 aromatic carbocycles. The molecule has 0 aliphatic heterocycles. The van der Waals surface area contributed by atoms with E-state index in [0.29, 0.717) is 6.04 Å². The SMILES string of the molecule is N#CC(CCn1cnc2c1CCCC2)NC1CC1. The van der Waals surface area contributed by atoms with Gasteiger partial charge in [0.1, 0.15) is 0 Å². The molecular weight excluding hydrogens is 224 g/mol. The van der Waals surface area contributed by atoms with Crippen molar-refractivity contribution in [2.45, 2.75) is 63.6 Å². The zero-order chi connectivity index (χ0) is 12.4. The minimum Gasteiger partial charge on any atom is -0.334 e. The molecule has 1 atom stereocenters. The number of rotatable bonds is 5. The van der Waals surface area contributed by atoms with Gasteiger partial charge in [0.05, 0.1) is 24.1 Å². The fraction of sp³-hybridized carbons (Fsp3) is 0.714. The summed E-state index contributed by atoms with van der Waals surface area (Å²) in [4.78, 5) is 4.49. The third-order valence-corrected chi connectivity index (χ3v) is 3.94. The van der Waals surface area contributed by atoms with Gasteiger partial charge >= 0.3 is 0 Å². The highest BCUT2D eigenvalue weighted by atomic mass is 15.1. The second kappa shape index (κ2) is 5.11. The highest BCUT2D eigenvalue weighted by Crippen LogP contribution is 2.22. The van der Waals surface area contributed by atoms with Crippen molar-refractivity contribution >= 4 is 0 Å². The number of aryl methyl sites for hydroxylation is 2. The Morgan fingerprint density at radius 1 is 1.44 bits per heavy atom. The van der Waals surface area contributed by atoms with Crippen LogP contribution in [0.25, 0.3) is 0 Å². The number of hydrogen-bond acceptors (Lipinski definition) is 3. The van der Waals surface area contributed by atoms with Gasteiger partial charge in [-0.1, -0.05) is 0 Å². The van der Waals surface area contributed by atoms with Gasteiger partial charge in [-0.05, 0) is 44.9 Å². The maximum Gasteiger partial charge on any atom is 0.0972 e. The predicted octanol–water partition coefficient (Wildman–Crippen LogP) is 1.80. The average Bonchev–Trinajstić information content (AvgIpc) is 3.13. The predicted molar refractivity (Wildman–Crippen MR) is 69.0 cm³/mol. The summed E-state index contributed by atoms with van der Waals surface area (Å²) in [5.74, 6) is 0. The Labute approximate surface area is 108 Å². The molecule has 2 aliphatic carbocycles. The highest BCUT2D eigenvalue weighted by Gasteiger charge is 2.24. The molecule has 1 aromatic rings. The number of hydrogen-bond donors (Lipinski definition) is 1. The Balaban J connectivity index is 1.58. The minimum atomic E-state index is -0.000796. The van der Waals surface area contributed by atoms with E-state index in [1.807, 2.05) is 6.33 Å². The molecule has 96 valence electrons. The third kappa shape index (κ3) is 2.56. The van der Waals surface area contributed by atoms with E-state index in [9.17, 15) is 0 Å². The molecule has 3 rings (SSSR count). The molecule has 4 nitrogen and oxygen atoms in total. The second-order valence-corrected chi connectivity index (χ2v) is 5.45. The Morgan fingerprint density at radius 3 is 3.06 bits per heavy atom. The van der Waals surface area contributed by atoms with Gasteiger partial charge in [-0.25, -0.2) is 4.98 Å². The maximum atomic E-state index is 9.13. The lowest BCUT2D eigenvalue weighted by atomic mass is 10.0. The lowest BCUT2D eigenvalue weighted by molar-refractivity contribution is 0.501. The Bertz CT molecular complexity index is 453. The standard InChI is InChI=1S/C14H20N4/c15-9-12(17-11-5-6-11)7-8-18-10-16-13-3-1-2-4-14(13)18/h10-12,17H,1-8H2. The summed E-state index contributed by atoms with van der Waals surface area (Å²) in [5, 5.41) is 12.5. The van der Waals surface area contributed by atoms with Crippen LogP contribution in [0.4, 0.5) is 0 Å². The van der Waals surface area contributed by atoms with E-state index in [-0.39, 0.29) is 6.04 Å². The van der Waals surface area contributed by atoms with Crippen LogP contribution in [0.1, 0.15) is 43.5 Å². The van der Waals surface area contributed by atoms with Gasteiger partial charge in [-0.3, -0.25) is 5.32 Å². The molecule has 0 bridgehead atoms. The second-order valence-electron chi connectivity index (χ2n) is 5.45. The molecule has 0 spiro atoms. The summed E-state index contributed by atoms with van der Waals surface area (Å²) >= 11 is 0. The molecule has 1 fully saturated rings. The first kappa shape index (κ1) is 11.7. The van der Waals surface area contributed by atoms with Crippen LogP contribution < -0.4 is 5.32 Å². The van der Waals surface area contributed by atoms with Crippen LogP contribution in [-0.2, 0) is 19.4 Å². The molecule has 1 saturated carbocycles. The zero-order valence-electron chi connectivity index (χ0n) is 10.7. The lowest BCUT2D eigenvalue weighted by Gasteiger charge is -2.15. The first-order valence-corrected chi connectivity index (χ1v) is 7.05. The van der Waals surface area contributed by atoms with E-state index >= 15 is 0 Å². The maximum absolute atomic E-state index is 9.13. The Hall–Kier alpha value is -1.34. The van der Waals surface area contributed by atoms with Crippen molar-refractivity contribution < 1.29 is 0 Å². The number of aromatic nitrogens is 2. The summed E-state index contributed by atoms with van der Waals surface area (Å²) < 4.78 is 2.26. The molecule has 1 heterocycles. The summed E-state index contributed by atoms with van der Waals surface area (Å²) in [6, 6.07) is 2.97. The molecule has 1 unspecified atom stereocenters. The average molecular weight is 244 g/mol. The molecule has 4 heteroatoms. The summed E-state index contributed by atoms with van der Waals surface area (Å²) in [6.07, 6.45) is 10.1. The van der Waals surface area contributed by atoms with Gasteiger partial charge in [-0.15, -0.1) is 0 Å². The normalized spacial score (nSPS) is 20.2. The molecule has 18 heavy (non-hydrogen) atoms. The van der Waals surface area contributed by atoms with Crippen molar-refractivity contribution in [3.8, 4) is 6.07 Å². The van der Waals surface area contributed by atoms with Crippen molar-refractivity contribution in [2.75, 3.05) is 0 Å². The van der Waals surface area contributed by atoms with E-state index in [2.05, 4.69) is 20.9 Å². The first-order chi connectivity index (χ1) is 8.86. The van der Waals surface area contributed by atoms with E-state index in [0.717, 1.165) is 25.8 Å². The number of nitrogens with zero attached hydrogens (tertiary/aromatic N) is 3. The van der Waals surface area contributed by atoms with E-state index in [1.165, 1.54) is 37.1 Å². The van der Waals surface area contributed by atoms with Crippen molar-refractivity contribution in [1.29, 1.82) is 5.26 Å². The molecule has 0 radical (unpaired) electrons. The quantitative estimate of drug-likeness (QED) is 0.859. The Morgan fingerprint density at radius 2 is 2.28 bits per heavy atom. The Kier molecular flexibility index (Phi) is 3.33. The number of nitrogens with one attached hydrogen (secondary N) is 1. The van der Waals surface area contributed by atoms with Gasteiger partial charge < -0.3 is 4.57 Å². The van der Waals surface area contributed by atoms with E-state index in [4.69, 9.17) is 5.26 Å². The van der Waals surface area contributed by atoms with Crippen LogP contribution in [0.5, 0.6) is 0 Å². The fourth-order valence-electron chi connectivity index (χ4n) is 2.71. The lowest BCUT2D eigenvalue weighted by Crippen LogP contribution is -2.30. The topological polar surface area (TPSA) is 53.6 Å². The molecule has 2 aliphatic rings. The highest BCUT2D eigenvalue weighted by molar-refractivity contribution is 5.16. The van der Waals surface area contributed by atoms with Crippen molar-refractivity contribution in [3.63, 3.8) is 0 Å².